The average molecular weight is 348 g/mol. The third-order valence-corrected chi connectivity index (χ3v) is 4.86. The Labute approximate surface area is 147 Å². The SMILES string of the molecule is COc1cc(C(=O)N2C[C@@H]3COC[C@H](C2)N(CC(=O)O)C3)ccc1C. The first kappa shape index (κ1) is 17.7. The molecule has 2 aliphatic heterocycles. The predicted molar refractivity (Wildman–Crippen MR) is 90.9 cm³/mol. The number of carbonyl (C=O) groups is 2. The number of amides is 1. The van der Waals surface area contributed by atoms with E-state index in [1.54, 1.807) is 13.2 Å². The first-order valence-corrected chi connectivity index (χ1v) is 8.45. The molecule has 2 heterocycles. The molecule has 2 bridgehead atoms. The fourth-order valence-corrected chi connectivity index (χ4v) is 3.60. The third-order valence-electron chi connectivity index (χ3n) is 4.86. The van der Waals surface area contributed by atoms with Crippen molar-refractivity contribution in [3.8, 4) is 5.75 Å². The number of aryl methyl sites for hydroxylation is 1. The highest BCUT2D eigenvalue weighted by Crippen LogP contribution is 2.24. The van der Waals surface area contributed by atoms with E-state index in [1.165, 1.54) is 0 Å². The number of hydrogen-bond donors (Lipinski definition) is 1. The van der Waals surface area contributed by atoms with Gasteiger partial charge in [-0.25, -0.2) is 0 Å². The van der Waals surface area contributed by atoms with Crippen LogP contribution in [0.5, 0.6) is 5.75 Å². The number of rotatable bonds is 4. The van der Waals surface area contributed by atoms with Crippen LogP contribution >= 0.6 is 0 Å². The van der Waals surface area contributed by atoms with Gasteiger partial charge in [-0.3, -0.25) is 14.5 Å². The fraction of sp³-hybridized carbons (Fsp3) is 0.556. The second kappa shape index (κ2) is 7.41. The second-order valence-corrected chi connectivity index (χ2v) is 6.78. The number of nitrogens with zero attached hydrogens (tertiary/aromatic N) is 2. The van der Waals surface area contributed by atoms with Crippen LogP contribution in [-0.2, 0) is 9.53 Å². The van der Waals surface area contributed by atoms with Crippen molar-refractivity contribution in [3.63, 3.8) is 0 Å². The summed E-state index contributed by atoms with van der Waals surface area (Å²) >= 11 is 0. The van der Waals surface area contributed by atoms with E-state index in [0.29, 0.717) is 44.2 Å². The van der Waals surface area contributed by atoms with Gasteiger partial charge in [-0.15, -0.1) is 0 Å². The molecule has 7 heteroatoms. The molecule has 7 nitrogen and oxygen atoms in total. The van der Waals surface area contributed by atoms with Crippen LogP contribution < -0.4 is 4.74 Å². The molecule has 0 aliphatic carbocycles. The van der Waals surface area contributed by atoms with Gasteiger partial charge in [0.25, 0.3) is 5.91 Å². The van der Waals surface area contributed by atoms with E-state index < -0.39 is 5.97 Å². The molecule has 2 fully saturated rings. The molecule has 0 radical (unpaired) electrons. The zero-order valence-electron chi connectivity index (χ0n) is 14.6. The fourth-order valence-electron chi connectivity index (χ4n) is 3.60. The summed E-state index contributed by atoms with van der Waals surface area (Å²) in [5.41, 5.74) is 1.57. The largest absolute Gasteiger partial charge is 0.496 e. The van der Waals surface area contributed by atoms with Gasteiger partial charge in [-0.05, 0) is 24.6 Å². The van der Waals surface area contributed by atoms with Crippen molar-refractivity contribution in [1.29, 1.82) is 0 Å². The Morgan fingerprint density at radius 3 is 2.80 bits per heavy atom. The third kappa shape index (κ3) is 3.93. The van der Waals surface area contributed by atoms with E-state index in [0.717, 1.165) is 5.56 Å². The maximum Gasteiger partial charge on any atom is 0.317 e. The summed E-state index contributed by atoms with van der Waals surface area (Å²) in [6, 6.07) is 5.36. The first-order valence-electron chi connectivity index (χ1n) is 8.45. The summed E-state index contributed by atoms with van der Waals surface area (Å²) in [5.74, 6) is -0.0964. The van der Waals surface area contributed by atoms with Crippen molar-refractivity contribution in [3.05, 3.63) is 29.3 Å². The van der Waals surface area contributed by atoms with Gasteiger partial charge in [-0.2, -0.15) is 0 Å². The quantitative estimate of drug-likeness (QED) is 0.869. The van der Waals surface area contributed by atoms with Crippen LogP contribution in [-0.4, -0.2) is 79.3 Å². The molecule has 0 saturated carbocycles. The number of carboxylic acid groups (broad SMARTS) is 1. The Balaban J connectivity index is 1.81. The Kier molecular flexibility index (Phi) is 5.24. The molecule has 2 atom stereocenters. The number of benzene rings is 1. The first-order chi connectivity index (χ1) is 12.0. The molecule has 25 heavy (non-hydrogen) atoms. The van der Waals surface area contributed by atoms with Crippen molar-refractivity contribution in [1.82, 2.24) is 9.80 Å². The molecule has 0 aromatic heterocycles. The van der Waals surface area contributed by atoms with Crippen LogP contribution in [0.3, 0.4) is 0 Å². The van der Waals surface area contributed by atoms with E-state index in [1.807, 2.05) is 28.9 Å². The van der Waals surface area contributed by atoms with Crippen LogP contribution in [0.1, 0.15) is 15.9 Å². The van der Waals surface area contributed by atoms with Gasteiger partial charge >= 0.3 is 5.97 Å². The predicted octanol–water partition coefficient (Wildman–Crippen LogP) is 0.861. The van der Waals surface area contributed by atoms with Crippen molar-refractivity contribution >= 4 is 11.9 Å². The van der Waals surface area contributed by atoms with Gasteiger partial charge in [0.2, 0.25) is 0 Å². The number of carboxylic acids is 1. The monoisotopic (exact) mass is 348 g/mol. The number of fused-ring (bicyclic) bond motifs is 3. The van der Waals surface area contributed by atoms with E-state index in [4.69, 9.17) is 14.6 Å². The lowest BCUT2D eigenvalue weighted by Gasteiger charge is -2.30. The molecule has 3 rings (SSSR count). The van der Waals surface area contributed by atoms with E-state index in [2.05, 4.69) is 0 Å². The lowest BCUT2D eigenvalue weighted by molar-refractivity contribution is -0.139. The van der Waals surface area contributed by atoms with Crippen LogP contribution in [0.25, 0.3) is 0 Å². The van der Waals surface area contributed by atoms with E-state index >= 15 is 0 Å². The lowest BCUT2D eigenvalue weighted by Crippen LogP contribution is -2.47. The maximum atomic E-state index is 13.0. The Hall–Kier alpha value is -2.12. The summed E-state index contributed by atoms with van der Waals surface area (Å²) in [6.45, 7) is 4.59. The number of aliphatic carboxylic acids is 1. The van der Waals surface area contributed by atoms with E-state index in [9.17, 15) is 9.59 Å². The average Bonchev–Trinajstić information content (AvgIpc) is 2.83. The zero-order valence-corrected chi connectivity index (χ0v) is 14.6. The van der Waals surface area contributed by atoms with Gasteiger partial charge in [0, 0.05) is 31.1 Å². The lowest BCUT2D eigenvalue weighted by atomic mass is 10.1. The molecule has 1 amide bonds. The zero-order chi connectivity index (χ0) is 18.0. The minimum absolute atomic E-state index is 0.0229. The Morgan fingerprint density at radius 2 is 2.08 bits per heavy atom. The normalized spacial score (nSPS) is 23.8. The number of ether oxygens (including phenoxy) is 2. The molecule has 1 aromatic rings. The molecule has 136 valence electrons. The molecular formula is C18H24N2O5. The number of carbonyl (C=O) groups excluding carboxylic acids is 1. The summed E-state index contributed by atoms with van der Waals surface area (Å²) in [5, 5.41) is 9.14. The summed E-state index contributed by atoms with van der Waals surface area (Å²) < 4.78 is 11.0. The molecule has 2 saturated heterocycles. The van der Waals surface area contributed by atoms with E-state index in [-0.39, 0.29) is 24.4 Å². The van der Waals surface area contributed by atoms with Gasteiger partial charge in [-0.1, -0.05) is 6.07 Å². The Bertz CT molecular complexity index is 663. The standard InChI is InChI=1S/C18H24N2O5/c1-12-3-4-14(5-16(12)24-2)18(23)20-7-13-6-19(9-17(21)22)15(8-20)11-25-10-13/h3-5,13,15H,6-11H2,1-2H3,(H,21,22)/t13-,15+/m1/s1. The molecule has 0 spiro atoms. The van der Waals surface area contributed by atoms with Gasteiger partial charge < -0.3 is 19.5 Å². The summed E-state index contributed by atoms with van der Waals surface area (Å²) in [7, 11) is 1.59. The topological polar surface area (TPSA) is 79.3 Å². The van der Waals surface area contributed by atoms with Crippen molar-refractivity contribution in [2.24, 2.45) is 5.92 Å². The second-order valence-electron chi connectivity index (χ2n) is 6.78. The highest BCUT2D eigenvalue weighted by molar-refractivity contribution is 5.94. The van der Waals surface area contributed by atoms with Crippen LogP contribution in [0.2, 0.25) is 0 Å². The Morgan fingerprint density at radius 1 is 1.28 bits per heavy atom. The number of hydrogen-bond acceptors (Lipinski definition) is 5. The number of methoxy groups -OCH3 is 1. The minimum Gasteiger partial charge on any atom is -0.496 e. The van der Waals surface area contributed by atoms with Crippen molar-refractivity contribution in [2.45, 2.75) is 13.0 Å². The van der Waals surface area contributed by atoms with Crippen LogP contribution in [0.15, 0.2) is 18.2 Å². The van der Waals surface area contributed by atoms with Crippen molar-refractivity contribution in [2.75, 3.05) is 46.5 Å². The van der Waals surface area contributed by atoms with Crippen molar-refractivity contribution < 1.29 is 24.2 Å². The highest BCUT2D eigenvalue weighted by Gasteiger charge is 2.36. The van der Waals surface area contributed by atoms with Gasteiger partial charge in [0.15, 0.2) is 0 Å². The summed E-state index contributed by atoms with van der Waals surface area (Å²) in [4.78, 5) is 27.9. The minimum atomic E-state index is -0.853. The smallest absolute Gasteiger partial charge is 0.317 e. The molecule has 2 aliphatic rings. The van der Waals surface area contributed by atoms with Crippen LogP contribution in [0, 0.1) is 12.8 Å². The van der Waals surface area contributed by atoms with Gasteiger partial charge in [0.05, 0.1) is 32.9 Å². The molecule has 1 N–H and O–H groups in total. The maximum absolute atomic E-state index is 13.0. The molecule has 0 unspecified atom stereocenters. The highest BCUT2D eigenvalue weighted by atomic mass is 16.5. The van der Waals surface area contributed by atoms with Gasteiger partial charge in [0.1, 0.15) is 5.75 Å². The molecular weight excluding hydrogens is 324 g/mol. The summed E-state index contributed by atoms with van der Waals surface area (Å²) in [6.07, 6.45) is 0. The van der Waals surface area contributed by atoms with Crippen LogP contribution in [0.4, 0.5) is 0 Å². The molecule has 1 aromatic carbocycles.